The maximum atomic E-state index is 14.4. The van der Waals surface area contributed by atoms with Crippen LogP contribution in [0.1, 0.15) is 42.1 Å². The topological polar surface area (TPSA) is 144 Å². The van der Waals surface area contributed by atoms with Gasteiger partial charge in [0.05, 0.1) is 21.6 Å². The Morgan fingerprint density at radius 3 is 2.45 bits per heavy atom. The summed E-state index contributed by atoms with van der Waals surface area (Å²) < 4.78 is 91.9. The summed E-state index contributed by atoms with van der Waals surface area (Å²) in [7, 11) is -4.47. The number of aliphatic carboxylic acids is 1. The van der Waals surface area contributed by atoms with Gasteiger partial charge in [-0.3, -0.25) is 4.98 Å². The molecule has 1 N–H and O–H groups in total. The molecule has 2 aromatic carbocycles. The number of pyridine rings is 1. The van der Waals surface area contributed by atoms with Crippen LogP contribution in [0.5, 0.6) is 11.5 Å². The number of benzene rings is 2. The number of fused-ring (bicyclic) bond motifs is 1. The van der Waals surface area contributed by atoms with Crippen molar-refractivity contribution in [3.8, 4) is 11.5 Å². The molecule has 0 fully saturated rings. The predicted molar refractivity (Wildman–Crippen MR) is 159 cm³/mol. The molecule has 44 heavy (non-hydrogen) atoms. The third kappa shape index (κ3) is 7.87. The van der Waals surface area contributed by atoms with E-state index in [1.165, 1.54) is 37.4 Å². The predicted octanol–water partition coefficient (Wildman–Crippen LogP) is 4.47. The number of carboxylic acid groups (broad SMARTS) is 1. The number of aromatic nitrogens is 3. The Morgan fingerprint density at radius 2 is 1.82 bits per heavy atom. The minimum atomic E-state index is -4.56. The standard InChI is InChI=1S/C28H28F3N3O7S2.Na.H/c1-16(2)20-12-19(40-13-25(35)36)11-17(3)26(20)43(38,39)34-23-8-6-5-7-21(23)33-27(34)42(37)14-22-18(4)24(9-10-32-22)41-15-28(29,30)31;;/h5-12,16H,13-15H2,1-4H3,(H,35,36);;. The van der Waals surface area contributed by atoms with Gasteiger partial charge in [-0.15, -0.1) is 0 Å². The molecule has 4 rings (SSSR count). The number of hydrogen-bond donors (Lipinski definition) is 1. The van der Waals surface area contributed by atoms with Crippen molar-refractivity contribution in [1.82, 2.24) is 13.9 Å². The summed E-state index contributed by atoms with van der Waals surface area (Å²) in [6, 6.07) is 10.5. The van der Waals surface area contributed by atoms with E-state index in [0.29, 0.717) is 5.56 Å². The first-order chi connectivity index (χ1) is 20.1. The van der Waals surface area contributed by atoms with Crippen molar-refractivity contribution in [2.75, 3.05) is 13.2 Å². The number of hydrogen-bond acceptors (Lipinski definition) is 8. The van der Waals surface area contributed by atoms with E-state index in [-0.39, 0.29) is 90.6 Å². The average Bonchev–Trinajstić information content (AvgIpc) is 3.32. The van der Waals surface area contributed by atoms with Crippen LogP contribution >= 0.6 is 0 Å². The van der Waals surface area contributed by atoms with Crippen LogP contribution < -0.4 is 9.47 Å². The van der Waals surface area contributed by atoms with Crippen LogP contribution in [0.3, 0.4) is 0 Å². The average molecular weight is 664 g/mol. The van der Waals surface area contributed by atoms with Crippen LogP contribution in [0.15, 0.2) is 58.7 Å². The molecule has 0 saturated heterocycles. The first kappa shape index (κ1) is 35.7. The van der Waals surface area contributed by atoms with Crippen LogP contribution in [0.2, 0.25) is 0 Å². The van der Waals surface area contributed by atoms with Crippen molar-refractivity contribution in [3.63, 3.8) is 0 Å². The molecule has 232 valence electrons. The van der Waals surface area contributed by atoms with E-state index in [1.54, 1.807) is 39.0 Å². The maximum absolute atomic E-state index is 14.4. The summed E-state index contributed by atoms with van der Waals surface area (Å²) in [4.78, 5) is 19.5. The van der Waals surface area contributed by atoms with Gasteiger partial charge in [0.15, 0.2) is 19.0 Å². The summed E-state index contributed by atoms with van der Waals surface area (Å²) in [5.41, 5.74) is 1.41. The van der Waals surface area contributed by atoms with Crippen molar-refractivity contribution < 1.29 is 45.5 Å². The Labute approximate surface area is 277 Å². The Balaban J connectivity index is 0.00000529. The molecule has 1 atom stereocenters. The summed E-state index contributed by atoms with van der Waals surface area (Å²) in [5.74, 6) is -1.81. The molecule has 0 spiro atoms. The van der Waals surface area contributed by atoms with Crippen molar-refractivity contribution in [1.29, 1.82) is 0 Å². The molecule has 2 heterocycles. The molecule has 10 nitrogen and oxygen atoms in total. The van der Waals surface area contributed by atoms with Gasteiger partial charge >= 0.3 is 46.9 Å². The molecule has 2 aromatic heterocycles. The molecule has 1 unspecified atom stereocenters. The van der Waals surface area contributed by atoms with Gasteiger partial charge in [-0.05, 0) is 61.2 Å². The Hall–Kier alpha value is -2.82. The molecular weight excluding hydrogens is 634 g/mol. The molecule has 4 aromatic rings. The van der Waals surface area contributed by atoms with E-state index in [4.69, 9.17) is 14.6 Å². The molecular formula is C28H29F3N3NaO7S2. The SMILES string of the molecule is Cc1cc(OCC(=O)O)cc(C(C)C)c1S(=O)(=O)n1c([S+]([O-])Cc2nccc(OCC(F)(F)F)c2C)nc2ccccc21.[NaH]. The second kappa shape index (κ2) is 14.1. The summed E-state index contributed by atoms with van der Waals surface area (Å²) >= 11 is -2.13. The first-order valence-corrected chi connectivity index (χ1v) is 15.6. The normalized spacial score (nSPS) is 12.7. The van der Waals surface area contributed by atoms with Gasteiger partial charge in [0.2, 0.25) is 0 Å². The van der Waals surface area contributed by atoms with Crippen molar-refractivity contribution in [2.45, 2.75) is 55.6 Å². The van der Waals surface area contributed by atoms with Crippen LogP contribution in [-0.2, 0) is 31.7 Å². The van der Waals surface area contributed by atoms with Crippen LogP contribution in [0, 0.1) is 13.8 Å². The van der Waals surface area contributed by atoms with E-state index in [1.807, 2.05) is 0 Å². The second-order valence-corrected chi connectivity index (χ2v) is 13.0. The minimum absolute atomic E-state index is 0. The number of halogens is 3. The number of nitrogens with zero attached hydrogens (tertiary/aromatic N) is 3. The molecule has 0 aliphatic carbocycles. The van der Waals surface area contributed by atoms with Gasteiger partial charge in [-0.2, -0.15) is 22.1 Å². The number of carboxylic acids is 1. The van der Waals surface area contributed by atoms with Gasteiger partial charge < -0.3 is 19.1 Å². The fourth-order valence-corrected chi connectivity index (χ4v) is 8.03. The number of carbonyl (C=O) groups is 1. The second-order valence-electron chi connectivity index (χ2n) is 9.92. The summed E-state index contributed by atoms with van der Waals surface area (Å²) in [6.07, 6.45) is -3.34. The van der Waals surface area contributed by atoms with Crippen LogP contribution in [-0.4, -0.2) is 86.9 Å². The molecule has 0 aliphatic rings. The van der Waals surface area contributed by atoms with Gasteiger partial charge in [0, 0.05) is 22.9 Å². The number of para-hydroxylation sites is 2. The van der Waals surface area contributed by atoms with E-state index in [9.17, 15) is 30.9 Å². The quantitative estimate of drug-likeness (QED) is 0.182. The van der Waals surface area contributed by atoms with E-state index in [0.717, 1.165) is 3.97 Å². The Bertz CT molecular complexity index is 1780. The molecule has 0 aliphatic heterocycles. The summed E-state index contributed by atoms with van der Waals surface area (Å²) in [6.45, 7) is 4.41. The molecule has 16 heteroatoms. The van der Waals surface area contributed by atoms with Crippen molar-refractivity contribution in [3.05, 3.63) is 71.0 Å². The first-order valence-electron chi connectivity index (χ1n) is 12.8. The molecule has 0 saturated carbocycles. The zero-order valence-corrected chi connectivity index (χ0v) is 25.1. The molecule has 0 bridgehead atoms. The number of imidazole rings is 1. The fourth-order valence-electron chi connectivity index (χ4n) is 4.43. The summed E-state index contributed by atoms with van der Waals surface area (Å²) in [5, 5.41) is 8.69. The number of ether oxygens (including phenoxy) is 2. The number of rotatable bonds is 11. The molecule has 0 amide bonds. The van der Waals surface area contributed by atoms with Gasteiger partial charge in [-0.1, -0.05) is 26.0 Å². The Morgan fingerprint density at radius 1 is 1.14 bits per heavy atom. The third-order valence-electron chi connectivity index (χ3n) is 6.37. The van der Waals surface area contributed by atoms with Gasteiger partial charge in [-0.25, -0.2) is 13.2 Å². The van der Waals surface area contributed by atoms with Crippen molar-refractivity contribution in [2.24, 2.45) is 0 Å². The van der Waals surface area contributed by atoms with Crippen molar-refractivity contribution >= 4 is 67.8 Å². The Kier molecular flexibility index (Phi) is 11.4. The van der Waals surface area contributed by atoms with E-state index in [2.05, 4.69) is 9.97 Å². The van der Waals surface area contributed by atoms with Gasteiger partial charge in [0.25, 0.3) is 10.0 Å². The van der Waals surface area contributed by atoms with Crippen LogP contribution in [0.4, 0.5) is 13.2 Å². The van der Waals surface area contributed by atoms with Crippen LogP contribution in [0.25, 0.3) is 11.0 Å². The third-order valence-corrected chi connectivity index (χ3v) is 9.63. The monoisotopic (exact) mass is 663 g/mol. The molecule has 0 radical (unpaired) electrons. The zero-order chi connectivity index (χ0) is 31.7. The number of alkyl halides is 3. The van der Waals surface area contributed by atoms with E-state index >= 15 is 0 Å². The fraction of sp³-hybridized carbons (Fsp3) is 0.321. The van der Waals surface area contributed by atoms with E-state index < -0.39 is 46.6 Å². The number of aryl methyl sites for hydroxylation is 1. The van der Waals surface area contributed by atoms with Gasteiger partial charge in [0.1, 0.15) is 11.5 Å². The zero-order valence-electron chi connectivity index (χ0n) is 23.5.